The molecular formula is C20H33NO2. The summed E-state index contributed by atoms with van der Waals surface area (Å²) < 4.78 is 0. The average molecular weight is 319 g/mol. The lowest BCUT2D eigenvalue weighted by molar-refractivity contribution is -0.126. The Hall–Kier alpha value is -0.570. The second-order valence-corrected chi connectivity index (χ2v) is 9.54. The number of carbonyl (C=O) groups is 1. The van der Waals surface area contributed by atoms with Gasteiger partial charge in [-0.25, -0.2) is 0 Å². The third-order valence-electron chi connectivity index (χ3n) is 8.91. The minimum Gasteiger partial charge on any atom is -0.393 e. The van der Waals surface area contributed by atoms with Gasteiger partial charge < -0.3 is 10.4 Å². The maximum absolute atomic E-state index is 11.0. The van der Waals surface area contributed by atoms with Gasteiger partial charge in [-0.2, -0.15) is 0 Å². The lowest BCUT2D eigenvalue weighted by Crippen LogP contribution is -2.55. The summed E-state index contributed by atoms with van der Waals surface area (Å²) in [4.78, 5) is 11.0. The smallest absolute Gasteiger partial charge is 0.207 e. The molecule has 3 heteroatoms. The zero-order chi connectivity index (χ0) is 16.2. The molecule has 4 fully saturated rings. The Kier molecular flexibility index (Phi) is 3.79. The van der Waals surface area contributed by atoms with Crippen LogP contribution in [0.3, 0.4) is 0 Å². The van der Waals surface area contributed by atoms with E-state index in [4.69, 9.17) is 0 Å². The molecule has 4 rings (SSSR count). The summed E-state index contributed by atoms with van der Waals surface area (Å²) >= 11 is 0. The van der Waals surface area contributed by atoms with E-state index in [1.807, 2.05) is 0 Å². The molecular weight excluding hydrogens is 286 g/mol. The number of aliphatic hydroxyl groups excluding tert-OH is 1. The van der Waals surface area contributed by atoms with Crippen LogP contribution in [0.15, 0.2) is 0 Å². The molecule has 0 aromatic heterocycles. The molecule has 4 saturated carbocycles. The van der Waals surface area contributed by atoms with Crippen LogP contribution in [0.2, 0.25) is 0 Å². The van der Waals surface area contributed by atoms with Gasteiger partial charge in [0.05, 0.1) is 6.10 Å². The van der Waals surface area contributed by atoms with E-state index < -0.39 is 0 Å². The Morgan fingerprint density at radius 2 is 1.70 bits per heavy atom. The molecule has 0 saturated heterocycles. The minimum absolute atomic E-state index is 0.0499. The topological polar surface area (TPSA) is 49.3 Å². The van der Waals surface area contributed by atoms with E-state index in [0.29, 0.717) is 16.9 Å². The fraction of sp³-hybridized carbons (Fsp3) is 0.950. The van der Waals surface area contributed by atoms with Gasteiger partial charge in [0.15, 0.2) is 0 Å². The zero-order valence-corrected chi connectivity index (χ0v) is 14.8. The van der Waals surface area contributed by atoms with Crippen molar-refractivity contribution in [2.75, 3.05) is 0 Å². The minimum atomic E-state index is -0.0499. The van der Waals surface area contributed by atoms with Crippen LogP contribution in [-0.4, -0.2) is 23.7 Å². The Morgan fingerprint density at radius 1 is 0.957 bits per heavy atom. The molecule has 0 radical (unpaired) electrons. The van der Waals surface area contributed by atoms with Crippen molar-refractivity contribution in [3.63, 3.8) is 0 Å². The lowest BCUT2D eigenvalue weighted by atomic mass is 9.45. The highest BCUT2D eigenvalue weighted by Crippen LogP contribution is 2.66. The summed E-state index contributed by atoms with van der Waals surface area (Å²) in [7, 11) is 0. The number of amides is 1. The Balaban J connectivity index is 1.59. The maximum atomic E-state index is 11.0. The molecule has 1 amide bonds. The Morgan fingerprint density at radius 3 is 2.48 bits per heavy atom. The Bertz CT molecular complexity index is 480. The molecule has 0 bridgehead atoms. The maximum Gasteiger partial charge on any atom is 0.207 e. The van der Waals surface area contributed by atoms with Gasteiger partial charge in [0.1, 0.15) is 0 Å². The van der Waals surface area contributed by atoms with Crippen molar-refractivity contribution in [3.05, 3.63) is 0 Å². The number of carbonyl (C=O) groups excluding carboxylic acids is 1. The molecule has 0 spiro atoms. The van der Waals surface area contributed by atoms with Crippen LogP contribution in [0.4, 0.5) is 0 Å². The predicted molar refractivity (Wildman–Crippen MR) is 90.7 cm³/mol. The first-order valence-electron chi connectivity index (χ1n) is 9.87. The van der Waals surface area contributed by atoms with Crippen molar-refractivity contribution in [3.8, 4) is 0 Å². The van der Waals surface area contributed by atoms with Gasteiger partial charge in [-0.05, 0) is 92.3 Å². The molecule has 0 unspecified atom stereocenters. The van der Waals surface area contributed by atoms with Crippen molar-refractivity contribution < 1.29 is 9.90 Å². The number of fused-ring (bicyclic) bond motifs is 5. The number of hydrogen-bond donors (Lipinski definition) is 2. The van der Waals surface area contributed by atoms with Gasteiger partial charge in [-0.3, -0.25) is 4.79 Å². The largest absolute Gasteiger partial charge is 0.393 e. The summed E-state index contributed by atoms with van der Waals surface area (Å²) in [5, 5.41) is 13.2. The highest BCUT2D eigenvalue weighted by atomic mass is 16.3. The molecule has 23 heavy (non-hydrogen) atoms. The molecule has 0 aliphatic heterocycles. The molecule has 2 N–H and O–H groups in total. The highest BCUT2D eigenvalue weighted by Gasteiger charge is 2.60. The van der Waals surface area contributed by atoms with Gasteiger partial charge >= 0.3 is 0 Å². The van der Waals surface area contributed by atoms with E-state index in [2.05, 4.69) is 19.2 Å². The molecule has 0 aromatic rings. The summed E-state index contributed by atoms with van der Waals surface area (Å²) in [5.74, 6) is 3.23. The van der Waals surface area contributed by atoms with Crippen molar-refractivity contribution in [1.29, 1.82) is 0 Å². The fourth-order valence-electron chi connectivity index (χ4n) is 7.59. The van der Waals surface area contributed by atoms with Crippen molar-refractivity contribution in [2.45, 2.75) is 83.8 Å². The second-order valence-electron chi connectivity index (χ2n) is 9.54. The van der Waals surface area contributed by atoms with Crippen LogP contribution in [0, 0.1) is 34.5 Å². The highest BCUT2D eigenvalue weighted by molar-refractivity contribution is 5.47. The molecule has 4 aliphatic rings. The van der Waals surface area contributed by atoms with Crippen LogP contribution < -0.4 is 5.32 Å². The van der Waals surface area contributed by atoms with E-state index in [1.54, 1.807) is 0 Å². The van der Waals surface area contributed by atoms with E-state index >= 15 is 0 Å². The van der Waals surface area contributed by atoms with Gasteiger partial charge in [0, 0.05) is 6.04 Å². The molecule has 0 aromatic carbocycles. The molecule has 4 aliphatic carbocycles. The first-order valence-corrected chi connectivity index (χ1v) is 9.87. The van der Waals surface area contributed by atoms with Crippen LogP contribution in [-0.2, 0) is 4.79 Å². The lowest BCUT2D eigenvalue weighted by Gasteiger charge is -2.60. The van der Waals surface area contributed by atoms with Gasteiger partial charge in [0.25, 0.3) is 0 Å². The molecule has 3 nitrogen and oxygen atoms in total. The number of hydrogen-bond acceptors (Lipinski definition) is 2. The number of aliphatic hydroxyl groups is 1. The normalized spacial score (nSPS) is 55.4. The predicted octanol–water partition coefficient (Wildman–Crippen LogP) is 3.50. The first-order chi connectivity index (χ1) is 11.0. The van der Waals surface area contributed by atoms with Gasteiger partial charge in [-0.15, -0.1) is 0 Å². The summed E-state index contributed by atoms with van der Waals surface area (Å²) in [6.07, 6.45) is 11.9. The standard InChI is InChI=1S/C20H33NO2/c1-19-9-7-14(23)11-13(19)3-4-15-16-5-6-18(21-12-22)20(16,2)10-8-17(15)19/h12-18,23H,3-11H2,1-2H3,(H,21,22)/t13-,14-,15-,16-,17+,18-,19-,20-/m0/s1. The van der Waals surface area contributed by atoms with E-state index in [-0.39, 0.29) is 6.10 Å². The molecule has 8 atom stereocenters. The number of rotatable bonds is 2. The van der Waals surface area contributed by atoms with Crippen LogP contribution in [0.25, 0.3) is 0 Å². The zero-order valence-electron chi connectivity index (χ0n) is 14.8. The van der Waals surface area contributed by atoms with E-state index in [0.717, 1.165) is 42.9 Å². The first kappa shape index (κ1) is 15.9. The van der Waals surface area contributed by atoms with E-state index in [1.165, 1.54) is 44.9 Å². The average Bonchev–Trinajstić information content (AvgIpc) is 2.85. The summed E-state index contributed by atoms with van der Waals surface area (Å²) in [6.45, 7) is 4.99. The SMILES string of the molecule is C[C@]12CC[C@H](O)C[C@@H]1CC[C@@H]1[C@H]2CC[C@]2(C)[C@@H](NC=O)CC[C@@H]12. The monoisotopic (exact) mass is 319 g/mol. The third-order valence-corrected chi connectivity index (χ3v) is 8.91. The van der Waals surface area contributed by atoms with Gasteiger partial charge in [-0.1, -0.05) is 13.8 Å². The van der Waals surface area contributed by atoms with Crippen molar-refractivity contribution in [1.82, 2.24) is 5.32 Å². The molecule has 130 valence electrons. The van der Waals surface area contributed by atoms with Crippen molar-refractivity contribution >= 4 is 6.41 Å². The Labute approximate surface area is 140 Å². The van der Waals surface area contributed by atoms with Crippen LogP contribution >= 0.6 is 0 Å². The summed E-state index contributed by atoms with van der Waals surface area (Å²) in [5.41, 5.74) is 0.777. The quantitative estimate of drug-likeness (QED) is 0.765. The molecule has 0 heterocycles. The van der Waals surface area contributed by atoms with Crippen LogP contribution in [0.1, 0.15) is 71.6 Å². The number of nitrogens with one attached hydrogen (secondary N) is 1. The van der Waals surface area contributed by atoms with E-state index in [9.17, 15) is 9.90 Å². The fourth-order valence-corrected chi connectivity index (χ4v) is 7.59. The van der Waals surface area contributed by atoms with Gasteiger partial charge in [0.2, 0.25) is 6.41 Å². The van der Waals surface area contributed by atoms with Crippen LogP contribution in [0.5, 0.6) is 0 Å². The van der Waals surface area contributed by atoms with Crippen molar-refractivity contribution in [2.24, 2.45) is 34.5 Å². The second kappa shape index (κ2) is 5.47. The third kappa shape index (κ3) is 2.22. The summed E-state index contributed by atoms with van der Waals surface area (Å²) in [6, 6.07) is 0.393.